The van der Waals surface area contributed by atoms with Gasteiger partial charge in [0.1, 0.15) is 0 Å². The van der Waals surface area contributed by atoms with Gasteiger partial charge in [-0.1, -0.05) is 56.1 Å². The Morgan fingerprint density at radius 1 is 1.10 bits per heavy atom. The zero-order chi connectivity index (χ0) is 14.1. The Labute approximate surface area is 134 Å². The van der Waals surface area contributed by atoms with Crippen LogP contribution < -0.4 is 10.6 Å². The summed E-state index contributed by atoms with van der Waals surface area (Å²) in [6, 6.07) is 16.4. The van der Waals surface area contributed by atoms with Gasteiger partial charge in [0.25, 0.3) is 0 Å². The third kappa shape index (κ3) is 2.47. The average molecular weight is 395 g/mol. The Hall–Kier alpha value is -1.33. The highest BCUT2D eigenvalue weighted by molar-refractivity contribution is 9.10. The Morgan fingerprint density at radius 3 is 2.65 bits per heavy atom. The Morgan fingerprint density at radius 2 is 1.90 bits per heavy atom. The van der Waals surface area contributed by atoms with Crippen LogP contribution in [0.1, 0.15) is 11.6 Å². The molecule has 0 aromatic heterocycles. The molecule has 20 heavy (non-hydrogen) atoms. The van der Waals surface area contributed by atoms with Crippen molar-refractivity contribution in [1.29, 1.82) is 0 Å². The van der Waals surface area contributed by atoms with E-state index >= 15 is 0 Å². The molecule has 2 N–H and O–H groups in total. The van der Waals surface area contributed by atoms with Crippen LogP contribution in [0.2, 0.25) is 0 Å². The maximum absolute atomic E-state index is 6.08. The van der Waals surface area contributed by atoms with Crippen LogP contribution in [-0.2, 0) is 0 Å². The third-order valence-corrected chi connectivity index (χ3v) is 4.55. The molecule has 1 atom stereocenters. The Balaban J connectivity index is 2.03. The van der Waals surface area contributed by atoms with Crippen LogP contribution in [0.25, 0.3) is 0 Å². The largest absolute Gasteiger partial charge is 0.369 e. The molecule has 0 aliphatic carbocycles. The van der Waals surface area contributed by atoms with Crippen LogP contribution in [0.3, 0.4) is 0 Å². The molecule has 3 nitrogen and oxygen atoms in total. The topological polar surface area (TPSA) is 41.6 Å². The van der Waals surface area contributed by atoms with E-state index in [4.69, 9.17) is 5.73 Å². The molecular formula is C15H13Br2N3. The van der Waals surface area contributed by atoms with Gasteiger partial charge in [0.2, 0.25) is 0 Å². The summed E-state index contributed by atoms with van der Waals surface area (Å²) < 4.78 is 2.11. The van der Waals surface area contributed by atoms with Gasteiger partial charge in [-0.3, -0.25) is 4.99 Å². The lowest BCUT2D eigenvalue weighted by atomic mass is 10.1. The number of benzene rings is 2. The lowest BCUT2D eigenvalue weighted by Crippen LogP contribution is -2.36. The first-order valence-electron chi connectivity index (χ1n) is 6.26. The zero-order valence-electron chi connectivity index (χ0n) is 10.6. The van der Waals surface area contributed by atoms with Crippen molar-refractivity contribution in [3.8, 4) is 0 Å². The molecule has 0 radical (unpaired) electrons. The summed E-state index contributed by atoms with van der Waals surface area (Å²) in [5.41, 5.74) is 8.32. The van der Waals surface area contributed by atoms with Crippen molar-refractivity contribution >= 4 is 43.5 Å². The minimum Gasteiger partial charge on any atom is -0.369 e. The van der Waals surface area contributed by atoms with Crippen molar-refractivity contribution in [3.05, 3.63) is 63.0 Å². The fourth-order valence-corrected chi connectivity index (χ4v) is 3.35. The second kappa shape index (κ2) is 5.58. The molecule has 3 rings (SSSR count). The van der Waals surface area contributed by atoms with Crippen LogP contribution in [-0.4, -0.2) is 12.5 Å². The summed E-state index contributed by atoms with van der Waals surface area (Å²) in [5, 5.41) is 0. The smallest absolute Gasteiger partial charge is 0.196 e. The molecule has 0 saturated heterocycles. The number of hydrogen-bond acceptors (Lipinski definition) is 3. The third-order valence-electron chi connectivity index (χ3n) is 3.34. The van der Waals surface area contributed by atoms with Crippen LogP contribution in [0.15, 0.2) is 62.5 Å². The molecule has 0 spiro atoms. The fraction of sp³-hybridized carbons (Fsp3) is 0.133. The second-order valence-electron chi connectivity index (χ2n) is 4.59. The van der Waals surface area contributed by atoms with Crippen molar-refractivity contribution in [2.24, 2.45) is 10.7 Å². The molecule has 0 amide bonds. The van der Waals surface area contributed by atoms with E-state index in [1.54, 1.807) is 0 Å². The molecule has 102 valence electrons. The molecule has 2 aromatic rings. The van der Waals surface area contributed by atoms with E-state index in [0.29, 0.717) is 12.5 Å². The number of nitrogens with zero attached hydrogens (tertiary/aromatic N) is 2. The van der Waals surface area contributed by atoms with E-state index < -0.39 is 0 Å². The molecule has 5 heteroatoms. The van der Waals surface area contributed by atoms with E-state index in [1.165, 1.54) is 5.56 Å². The lowest BCUT2D eigenvalue weighted by Gasteiger charge is -2.27. The molecule has 1 aliphatic rings. The van der Waals surface area contributed by atoms with Crippen LogP contribution in [0, 0.1) is 0 Å². The maximum atomic E-state index is 6.08. The number of rotatable bonds is 2. The summed E-state index contributed by atoms with van der Waals surface area (Å²) in [6.45, 7) is 0.668. The number of aliphatic imine (C=N–C) groups is 1. The summed E-state index contributed by atoms with van der Waals surface area (Å²) in [4.78, 5) is 6.48. The van der Waals surface area contributed by atoms with Crippen molar-refractivity contribution < 1.29 is 0 Å². The van der Waals surface area contributed by atoms with Crippen LogP contribution in [0.4, 0.5) is 5.69 Å². The van der Waals surface area contributed by atoms with Crippen LogP contribution in [0.5, 0.6) is 0 Å². The quantitative estimate of drug-likeness (QED) is 0.833. The molecule has 1 heterocycles. The number of nitrogens with two attached hydrogens (primary N) is 1. The van der Waals surface area contributed by atoms with Gasteiger partial charge in [0.05, 0.1) is 12.6 Å². The van der Waals surface area contributed by atoms with E-state index in [0.717, 1.165) is 14.6 Å². The standard InChI is InChI=1S/C15H13Br2N3/c16-10-4-3-5-11(8-10)20-14(9-19-15(20)18)12-6-1-2-7-13(12)17/h1-8,14H,9H2,(H2,18,19). The number of hydrogen-bond donors (Lipinski definition) is 1. The predicted octanol–water partition coefficient (Wildman–Crippen LogP) is 4.09. The molecule has 0 saturated carbocycles. The molecule has 0 fully saturated rings. The van der Waals surface area contributed by atoms with Gasteiger partial charge in [0, 0.05) is 14.6 Å². The first kappa shape index (κ1) is 13.6. The molecule has 2 aromatic carbocycles. The second-order valence-corrected chi connectivity index (χ2v) is 6.36. The Kier molecular flexibility index (Phi) is 3.81. The molecule has 1 aliphatic heterocycles. The first-order chi connectivity index (χ1) is 9.66. The molecule has 1 unspecified atom stereocenters. The highest BCUT2D eigenvalue weighted by Gasteiger charge is 2.29. The Bertz CT molecular complexity index is 670. The van der Waals surface area contributed by atoms with E-state index in [2.05, 4.69) is 53.9 Å². The lowest BCUT2D eigenvalue weighted by molar-refractivity contribution is 0.765. The number of halogens is 2. The van der Waals surface area contributed by atoms with Gasteiger partial charge in [-0.2, -0.15) is 0 Å². The summed E-state index contributed by atoms with van der Waals surface area (Å²) in [5.74, 6) is 0.559. The van der Waals surface area contributed by atoms with E-state index in [9.17, 15) is 0 Å². The number of guanidine groups is 1. The summed E-state index contributed by atoms with van der Waals surface area (Å²) in [6.07, 6.45) is 0. The van der Waals surface area contributed by atoms with E-state index in [-0.39, 0.29) is 6.04 Å². The highest BCUT2D eigenvalue weighted by atomic mass is 79.9. The summed E-state index contributed by atoms with van der Waals surface area (Å²) in [7, 11) is 0. The van der Waals surface area contributed by atoms with Gasteiger partial charge in [-0.05, 0) is 29.8 Å². The monoisotopic (exact) mass is 393 g/mol. The van der Waals surface area contributed by atoms with Crippen molar-refractivity contribution in [2.45, 2.75) is 6.04 Å². The van der Waals surface area contributed by atoms with Crippen molar-refractivity contribution in [3.63, 3.8) is 0 Å². The highest BCUT2D eigenvalue weighted by Crippen LogP contribution is 2.35. The molecule has 0 bridgehead atoms. The fourth-order valence-electron chi connectivity index (χ4n) is 2.42. The first-order valence-corrected chi connectivity index (χ1v) is 7.84. The van der Waals surface area contributed by atoms with Crippen molar-refractivity contribution in [2.75, 3.05) is 11.4 Å². The SMILES string of the molecule is NC1=NCC(c2ccccc2Br)N1c1cccc(Br)c1. The molecular weight excluding hydrogens is 382 g/mol. The van der Waals surface area contributed by atoms with Gasteiger partial charge in [-0.15, -0.1) is 0 Å². The summed E-state index contributed by atoms with van der Waals surface area (Å²) >= 11 is 7.12. The number of anilines is 1. The average Bonchev–Trinajstić information content (AvgIpc) is 2.81. The van der Waals surface area contributed by atoms with Gasteiger partial charge in [0.15, 0.2) is 5.96 Å². The van der Waals surface area contributed by atoms with Gasteiger partial charge >= 0.3 is 0 Å². The van der Waals surface area contributed by atoms with Gasteiger partial charge < -0.3 is 10.6 Å². The van der Waals surface area contributed by atoms with Gasteiger partial charge in [-0.25, -0.2) is 0 Å². The normalized spacial score (nSPS) is 18.2. The van der Waals surface area contributed by atoms with Crippen LogP contribution >= 0.6 is 31.9 Å². The maximum Gasteiger partial charge on any atom is 0.196 e. The minimum atomic E-state index is 0.125. The minimum absolute atomic E-state index is 0.125. The predicted molar refractivity (Wildman–Crippen MR) is 90.0 cm³/mol. The van der Waals surface area contributed by atoms with E-state index in [1.807, 2.05) is 36.4 Å². The zero-order valence-corrected chi connectivity index (χ0v) is 13.8. The van der Waals surface area contributed by atoms with Crippen molar-refractivity contribution in [1.82, 2.24) is 0 Å².